The molecular weight excluding hydrogens is 450 g/mol. The van der Waals surface area contributed by atoms with Gasteiger partial charge in [-0.05, 0) is 54.4 Å². The normalized spacial score (nSPS) is 10.7. The monoisotopic (exact) mass is 474 g/mol. The van der Waals surface area contributed by atoms with Gasteiger partial charge in [-0.2, -0.15) is 0 Å². The highest BCUT2D eigenvalue weighted by Crippen LogP contribution is 2.30. The summed E-state index contributed by atoms with van der Waals surface area (Å²) in [6.07, 6.45) is 3.02. The number of para-hydroxylation sites is 1. The Morgan fingerprint density at radius 3 is 2.66 bits per heavy atom. The number of fused-ring (bicyclic) bond motifs is 1. The van der Waals surface area contributed by atoms with Crippen LogP contribution in [0.4, 0.5) is 4.39 Å². The van der Waals surface area contributed by atoms with Gasteiger partial charge in [0.25, 0.3) is 0 Å². The number of H-pyrrole nitrogens is 1. The molecule has 0 amide bonds. The summed E-state index contributed by atoms with van der Waals surface area (Å²) in [6.45, 7) is 1.83. The first-order valence-electron chi connectivity index (χ1n) is 10.1. The molecule has 0 aliphatic rings. The Morgan fingerprint density at radius 1 is 1.00 bits per heavy atom. The number of nitrogens with one attached hydrogen (secondary N) is 2. The molecule has 0 saturated carbocycles. The van der Waals surface area contributed by atoms with E-state index < -0.39 is 0 Å². The maximum absolute atomic E-state index is 13.2. The van der Waals surface area contributed by atoms with Crippen molar-refractivity contribution in [3.05, 3.63) is 94.4 Å². The Kier molecular flexibility index (Phi) is 8.39. The van der Waals surface area contributed by atoms with E-state index >= 15 is 0 Å². The van der Waals surface area contributed by atoms with Crippen molar-refractivity contribution in [3.63, 3.8) is 0 Å². The first kappa shape index (κ1) is 23.9. The second kappa shape index (κ2) is 11.2. The van der Waals surface area contributed by atoms with E-state index in [9.17, 15) is 4.39 Å². The van der Waals surface area contributed by atoms with Crippen LogP contribution in [0.25, 0.3) is 10.9 Å². The minimum absolute atomic E-state index is 0. The molecule has 0 unspecified atom stereocenters. The van der Waals surface area contributed by atoms with E-state index in [0.29, 0.717) is 22.1 Å². The summed E-state index contributed by atoms with van der Waals surface area (Å²) in [5, 5.41) is 5.10. The standard InChI is InChI=1S/C25H24ClFN2O2.ClH/c1-30-25-12-17(6-9-24(25)31-16-19-7-8-20(27)13-22(19)26)14-28-11-10-18-15-29-23-5-3-2-4-21(18)23;/h2-9,12-13,15,28-29H,10-11,14,16H2,1H3;1H. The summed E-state index contributed by atoms with van der Waals surface area (Å²) >= 11 is 6.07. The van der Waals surface area contributed by atoms with Gasteiger partial charge in [0.1, 0.15) is 12.4 Å². The Labute approximate surface area is 198 Å². The predicted molar refractivity (Wildman–Crippen MR) is 130 cm³/mol. The highest BCUT2D eigenvalue weighted by atomic mass is 35.5. The van der Waals surface area contributed by atoms with Crippen molar-refractivity contribution in [3.8, 4) is 11.5 Å². The van der Waals surface area contributed by atoms with Crippen LogP contribution in [0.1, 0.15) is 16.7 Å². The largest absolute Gasteiger partial charge is 0.493 e. The Balaban J connectivity index is 0.00000289. The van der Waals surface area contributed by atoms with Gasteiger partial charge in [0, 0.05) is 29.2 Å². The van der Waals surface area contributed by atoms with Crippen LogP contribution in [0.15, 0.2) is 66.9 Å². The molecule has 4 aromatic rings. The van der Waals surface area contributed by atoms with Gasteiger partial charge >= 0.3 is 0 Å². The molecule has 4 nitrogen and oxygen atoms in total. The summed E-state index contributed by atoms with van der Waals surface area (Å²) in [6, 6.07) is 18.4. The number of aromatic amines is 1. The van der Waals surface area contributed by atoms with E-state index in [4.69, 9.17) is 21.1 Å². The molecular formula is C25H25Cl2FN2O2. The van der Waals surface area contributed by atoms with Gasteiger partial charge in [-0.1, -0.05) is 41.9 Å². The van der Waals surface area contributed by atoms with Crippen molar-refractivity contribution in [2.75, 3.05) is 13.7 Å². The smallest absolute Gasteiger partial charge is 0.161 e. The van der Waals surface area contributed by atoms with Crippen molar-refractivity contribution < 1.29 is 13.9 Å². The number of methoxy groups -OCH3 is 1. The number of ether oxygens (including phenoxy) is 2. The van der Waals surface area contributed by atoms with Crippen LogP contribution in [-0.4, -0.2) is 18.6 Å². The lowest BCUT2D eigenvalue weighted by Gasteiger charge is -2.13. The van der Waals surface area contributed by atoms with Crippen LogP contribution in [0.2, 0.25) is 5.02 Å². The van der Waals surface area contributed by atoms with Gasteiger partial charge in [-0.15, -0.1) is 12.4 Å². The molecule has 0 saturated heterocycles. The Bertz CT molecular complexity index is 1180. The van der Waals surface area contributed by atoms with Crippen molar-refractivity contribution in [1.82, 2.24) is 10.3 Å². The summed E-state index contributed by atoms with van der Waals surface area (Å²) in [5.74, 6) is 0.896. The zero-order chi connectivity index (χ0) is 21.6. The highest BCUT2D eigenvalue weighted by molar-refractivity contribution is 6.31. The van der Waals surface area contributed by atoms with Crippen LogP contribution >= 0.6 is 24.0 Å². The lowest BCUT2D eigenvalue weighted by molar-refractivity contribution is 0.284. The number of halogens is 3. The molecule has 168 valence electrons. The van der Waals surface area contributed by atoms with E-state index in [1.807, 2.05) is 24.3 Å². The average molecular weight is 475 g/mol. The molecule has 0 aliphatic carbocycles. The fourth-order valence-corrected chi connectivity index (χ4v) is 3.75. The molecule has 3 aromatic carbocycles. The number of hydrogen-bond donors (Lipinski definition) is 2. The van der Waals surface area contributed by atoms with Crippen molar-refractivity contribution >= 4 is 34.9 Å². The number of aromatic nitrogens is 1. The van der Waals surface area contributed by atoms with Crippen molar-refractivity contribution in [2.45, 2.75) is 19.6 Å². The van der Waals surface area contributed by atoms with Gasteiger partial charge in [0.05, 0.1) is 12.1 Å². The fourth-order valence-electron chi connectivity index (χ4n) is 3.53. The summed E-state index contributed by atoms with van der Waals surface area (Å²) < 4.78 is 24.5. The number of benzene rings is 3. The molecule has 2 N–H and O–H groups in total. The van der Waals surface area contributed by atoms with E-state index in [-0.39, 0.29) is 24.8 Å². The molecule has 1 aromatic heterocycles. The van der Waals surface area contributed by atoms with E-state index in [1.54, 1.807) is 13.2 Å². The third-order valence-electron chi connectivity index (χ3n) is 5.20. The van der Waals surface area contributed by atoms with Crippen molar-refractivity contribution in [1.29, 1.82) is 0 Å². The Hall–Kier alpha value is -2.73. The molecule has 0 radical (unpaired) electrons. The van der Waals surface area contributed by atoms with E-state index in [2.05, 4.69) is 34.7 Å². The first-order chi connectivity index (χ1) is 15.1. The summed E-state index contributed by atoms with van der Waals surface area (Å²) in [7, 11) is 1.61. The minimum atomic E-state index is -0.368. The van der Waals surface area contributed by atoms with E-state index in [1.165, 1.54) is 28.6 Å². The predicted octanol–water partition coefficient (Wildman–Crippen LogP) is 6.30. The molecule has 0 spiro atoms. The van der Waals surface area contributed by atoms with Crippen molar-refractivity contribution in [2.24, 2.45) is 0 Å². The van der Waals surface area contributed by atoms with Crippen LogP contribution in [0.5, 0.6) is 11.5 Å². The molecule has 0 fully saturated rings. The third kappa shape index (κ3) is 5.74. The molecule has 7 heteroatoms. The second-order valence-corrected chi connectivity index (χ2v) is 7.70. The first-order valence-corrected chi connectivity index (χ1v) is 10.5. The lowest BCUT2D eigenvalue weighted by atomic mass is 10.1. The highest BCUT2D eigenvalue weighted by Gasteiger charge is 2.09. The lowest BCUT2D eigenvalue weighted by Crippen LogP contribution is -2.16. The third-order valence-corrected chi connectivity index (χ3v) is 5.55. The van der Waals surface area contributed by atoms with Gasteiger partial charge in [-0.25, -0.2) is 4.39 Å². The summed E-state index contributed by atoms with van der Waals surface area (Å²) in [4.78, 5) is 3.31. The molecule has 0 bridgehead atoms. The van der Waals surface area contributed by atoms with Crippen LogP contribution in [-0.2, 0) is 19.6 Å². The van der Waals surface area contributed by atoms with Gasteiger partial charge in [0.15, 0.2) is 11.5 Å². The van der Waals surface area contributed by atoms with Crippen LogP contribution < -0.4 is 14.8 Å². The Morgan fingerprint density at radius 2 is 1.84 bits per heavy atom. The zero-order valence-corrected chi connectivity index (χ0v) is 19.2. The topological polar surface area (TPSA) is 46.3 Å². The van der Waals surface area contributed by atoms with Gasteiger partial charge in [0.2, 0.25) is 0 Å². The van der Waals surface area contributed by atoms with Crippen LogP contribution in [0.3, 0.4) is 0 Å². The molecule has 32 heavy (non-hydrogen) atoms. The zero-order valence-electron chi connectivity index (χ0n) is 17.7. The molecule has 0 atom stereocenters. The quantitative estimate of drug-likeness (QED) is 0.279. The molecule has 4 rings (SSSR count). The minimum Gasteiger partial charge on any atom is -0.493 e. The van der Waals surface area contributed by atoms with Gasteiger partial charge < -0.3 is 19.8 Å². The summed E-state index contributed by atoms with van der Waals surface area (Å²) in [5.41, 5.74) is 4.29. The molecule has 1 heterocycles. The maximum Gasteiger partial charge on any atom is 0.161 e. The average Bonchev–Trinajstić information content (AvgIpc) is 3.19. The number of hydrogen-bond acceptors (Lipinski definition) is 3. The molecule has 0 aliphatic heterocycles. The fraction of sp³-hybridized carbons (Fsp3) is 0.200. The number of rotatable bonds is 9. The van der Waals surface area contributed by atoms with E-state index in [0.717, 1.165) is 25.1 Å². The van der Waals surface area contributed by atoms with Gasteiger partial charge in [-0.3, -0.25) is 0 Å². The van der Waals surface area contributed by atoms with Crippen LogP contribution in [0, 0.1) is 5.82 Å². The maximum atomic E-state index is 13.2. The SMILES string of the molecule is COc1cc(CNCCc2c[nH]c3ccccc23)ccc1OCc1ccc(F)cc1Cl.Cl. The second-order valence-electron chi connectivity index (χ2n) is 7.30.